The first kappa shape index (κ1) is 14.9. The van der Waals surface area contributed by atoms with Crippen molar-refractivity contribution in [2.75, 3.05) is 6.54 Å². The van der Waals surface area contributed by atoms with Gasteiger partial charge in [0, 0.05) is 18.1 Å². The molecule has 6 nitrogen and oxygen atoms in total. The van der Waals surface area contributed by atoms with Crippen molar-refractivity contribution in [2.24, 2.45) is 0 Å². The Hall–Kier alpha value is -2.63. The van der Waals surface area contributed by atoms with E-state index in [0.717, 1.165) is 48.2 Å². The van der Waals surface area contributed by atoms with Crippen molar-refractivity contribution < 1.29 is 9.32 Å². The summed E-state index contributed by atoms with van der Waals surface area (Å²) in [5.74, 6) is 0.112. The van der Waals surface area contributed by atoms with Gasteiger partial charge in [0.25, 0.3) is 0 Å². The van der Waals surface area contributed by atoms with Crippen LogP contribution in [0.3, 0.4) is 0 Å². The summed E-state index contributed by atoms with van der Waals surface area (Å²) in [6.07, 6.45) is 6.21. The van der Waals surface area contributed by atoms with Crippen molar-refractivity contribution in [3.63, 3.8) is 0 Å². The molecule has 0 N–H and O–H groups in total. The average Bonchev–Trinajstić information content (AvgIpc) is 3.29. The molecule has 1 aromatic carbocycles. The van der Waals surface area contributed by atoms with Crippen molar-refractivity contribution in [2.45, 2.75) is 38.8 Å². The lowest BCUT2D eigenvalue weighted by atomic mass is 10.1. The second-order valence-corrected chi connectivity index (χ2v) is 6.43. The molecule has 1 fully saturated rings. The summed E-state index contributed by atoms with van der Waals surface area (Å²) in [4.78, 5) is 14.7. The minimum Gasteiger partial charge on any atom is -0.356 e. The van der Waals surface area contributed by atoms with E-state index in [1.54, 1.807) is 0 Å². The molecule has 124 valence electrons. The lowest BCUT2D eigenvalue weighted by Crippen LogP contribution is -2.39. The molecule has 3 heterocycles. The van der Waals surface area contributed by atoms with Gasteiger partial charge in [0.15, 0.2) is 5.58 Å². The highest BCUT2D eigenvalue weighted by Gasteiger charge is 2.30. The van der Waals surface area contributed by atoms with Crippen molar-refractivity contribution in [1.82, 2.24) is 19.8 Å². The number of carbonyl (C=O) groups excluding carboxylic acids is 1. The second-order valence-electron chi connectivity index (χ2n) is 6.43. The Labute approximate surface area is 140 Å². The molecule has 0 aliphatic carbocycles. The molecule has 2 aromatic heterocycles. The largest absolute Gasteiger partial charge is 0.356 e. The van der Waals surface area contributed by atoms with E-state index in [-0.39, 0.29) is 18.4 Å². The van der Waals surface area contributed by atoms with E-state index in [1.165, 1.54) is 0 Å². The molecular formula is C18H20N4O2. The summed E-state index contributed by atoms with van der Waals surface area (Å²) >= 11 is 0. The molecule has 3 aromatic rings. The highest BCUT2D eigenvalue weighted by Crippen LogP contribution is 2.23. The molecule has 1 saturated heterocycles. The standard InChI is InChI=1S/C18H20N4O2/c1-13-10-19-21(11-13)12-14-5-4-8-22(14)18(23)9-16-15-6-2-3-7-17(15)24-20-16/h2-3,6-7,10-11,14H,4-5,8-9,12H2,1H3/t14-/m0/s1. The Kier molecular flexibility index (Phi) is 3.80. The molecule has 0 unspecified atom stereocenters. The number of fused-ring (bicyclic) bond motifs is 1. The average molecular weight is 324 g/mol. The van der Waals surface area contributed by atoms with Gasteiger partial charge in [-0.05, 0) is 37.5 Å². The van der Waals surface area contributed by atoms with Crippen LogP contribution in [0.5, 0.6) is 0 Å². The minimum absolute atomic E-state index is 0.112. The van der Waals surface area contributed by atoms with Crippen LogP contribution in [0.1, 0.15) is 24.1 Å². The minimum atomic E-state index is 0.112. The van der Waals surface area contributed by atoms with Gasteiger partial charge in [0.2, 0.25) is 5.91 Å². The zero-order valence-electron chi connectivity index (χ0n) is 13.7. The maximum atomic E-state index is 12.8. The van der Waals surface area contributed by atoms with Gasteiger partial charge in [-0.2, -0.15) is 5.10 Å². The van der Waals surface area contributed by atoms with Crippen LogP contribution >= 0.6 is 0 Å². The molecule has 4 rings (SSSR count). The maximum absolute atomic E-state index is 12.8. The number of aryl methyl sites for hydroxylation is 1. The van der Waals surface area contributed by atoms with Gasteiger partial charge in [0.1, 0.15) is 5.69 Å². The first-order valence-corrected chi connectivity index (χ1v) is 8.32. The summed E-state index contributed by atoms with van der Waals surface area (Å²) in [7, 11) is 0. The van der Waals surface area contributed by atoms with Crippen molar-refractivity contribution >= 4 is 16.9 Å². The third kappa shape index (κ3) is 2.79. The molecule has 0 saturated carbocycles. The third-order valence-electron chi connectivity index (χ3n) is 4.63. The predicted octanol–water partition coefficient (Wildman–Crippen LogP) is 2.57. The van der Waals surface area contributed by atoms with Gasteiger partial charge in [-0.15, -0.1) is 0 Å². The maximum Gasteiger partial charge on any atom is 0.229 e. The molecule has 1 aliphatic heterocycles. The molecule has 6 heteroatoms. The number of para-hydroxylation sites is 1. The normalized spacial score (nSPS) is 17.7. The number of aromatic nitrogens is 3. The van der Waals surface area contributed by atoms with E-state index < -0.39 is 0 Å². The highest BCUT2D eigenvalue weighted by atomic mass is 16.5. The quantitative estimate of drug-likeness (QED) is 0.740. The number of rotatable bonds is 4. The van der Waals surface area contributed by atoms with Crippen molar-refractivity contribution in [3.8, 4) is 0 Å². The third-order valence-corrected chi connectivity index (χ3v) is 4.63. The molecule has 1 amide bonds. The topological polar surface area (TPSA) is 64.2 Å². The van der Waals surface area contributed by atoms with E-state index in [2.05, 4.69) is 10.3 Å². The van der Waals surface area contributed by atoms with Crippen LogP contribution in [0, 0.1) is 6.92 Å². The zero-order valence-corrected chi connectivity index (χ0v) is 13.7. The summed E-state index contributed by atoms with van der Waals surface area (Å²) in [5, 5.41) is 9.34. The molecule has 24 heavy (non-hydrogen) atoms. The molecule has 0 bridgehead atoms. The van der Waals surface area contributed by atoms with Crippen LogP contribution in [-0.2, 0) is 17.8 Å². The number of amides is 1. The van der Waals surface area contributed by atoms with Crippen LogP contribution in [-0.4, -0.2) is 38.3 Å². The first-order chi connectivity index (χ1) is 11.7. The van der Waals surface area contributed by atoms with Crippen LogP contribution in [0.2, 0.25) is 0 Å². The van der Waals surface area contributed by atoms with Crippen LogP contribution in [0.4, 0.5) is 0 Å². The Morgan fingerprint density at radius 1 is 1.38 bits per heavy atom. The number of benzene rings is 1. The van der Waals surface area contributed by atoms with Crippen molar-refractivity contribution in [1.29, 1.82) is 0 Å². The van der Waals surface area contributed by atoms with E-state index in [9.17, 15) is 4.79 Å². The Bertz CT molecular complexity index is 867. The summed E-state index contributed by atoms with van der Waals surface area (Å²) in [6, 6.07) is 7.86. The SMILES string of the molecule is Cc1cnn(C[C@@H]2CCCN2C(=O)Cc2noc3ccccc23)c1. The van der Waals surface area contributed by atoms with E-state index in [0.29, 0.717) is 0 Å². The number of hydrogen-bond donors (Lipinski definition) is 0. The smallest absolute Gasteiger partial charge is 0.229 e. The van der Waals surface area contributed by atoms with Gasteiger partial charge >= 0.3 is 0 Å². The van der Waals surface area contributed by atoms with Gasteiger partial charge in [-0.25, -0.2) is 0 Å². The van der Waals surface area contributed by atoms with Crippen LogP contribution in [0.25, 0.3) is 11.0 Å². The van der Waals surface area contributed by atoms with Crippen LogP contribution < -0.4 is 0 Å². The summed E-state index contributed by atoms with van der Waals surface area (Å²) in [6.45, 7) is 3.58. The number of likely N-dealkylation sites (tertiary alicyclic amines) is 1. The van der Waals surface area contributed by atoms with Crippen LogP contribution in [0.15, 0.2) is 41.2 Å². The lowest BCUT2D eigenvalue weighted by Gasteiger charge is -2.24. The Morgan fingerprint density at radius 2 is 2.25 bits per heavy atom. The van der Waals surface area contributed by atoms with Gasteiger partial charge in [-0.1, -0.05) is 17.3 Å². The van der Waals surface area contributed by atoms with Gasteiger partial charge in [0.05, 0.1) is 25.2 Å². The monoisotopic (exact) mass is 324 g/mol. The molecule has 0 spiro atoms. The zero-order chi connectivity index (χ0) is 16.5. The highest BCUT2D eigenvalue weighted by molar-refractivity contribution is 5.86. The fraction of sp³-hybridized carbons (Fsp3) is 0.389. The predicted molar refractivity (Wildman–Crippen MR) is 89.4 cm³/mol. The number of hydrogen-bond acceptors (Lipinski definition) is 4. The summed E-state index contributed by atoms with van der Waals surface area (Å²) in [5.41, 5.74) is 2.58. The number of carbonyl (C=O) groups is 1. The Balaban J connectivity index is 1.48. The first-order valence-electron chi connectivity index (χ1n) is 8.32. The van der Waals surface area contributed by atoms with E-state index in [1.807, 2.05) is 53.2 Å². The van der Waals surface area contributed by atoms with Crippen molar-refractivity contribution in [3.05, 3.63) is 47.9 Å². The fourth-order valence-corrected chi connectivity index (χ4v) is 3.45. The van der Waals surface area contributed by atoms with Gasteiger partial charge in [-0.3, -0.25) is 9.48 Å². The van der Waals surface area contributed by atoms with E-state index >= 15 is 0 Å². The van der Waals surface area contributed by atoms with E-state index in [4.69, 9.17) is 4.52 Å². The Morgan fingerprint density at radius 3 is 3.08 bits per heavy atom. The molecule has 1 atom stereocenters. The number of nitrogens with zero attached hydrogens (tertiary/aromatic N) is 4. The molecule has 1 aliphatic rings. The molecular weight excluding hydrogens is 304 g/mol. The lowest BCUT2D eigenvalue weighted by molar-refractivity contribution is -0.131. The van der Waals surface area contributed by atoms with Gasteiger partial charge < -0.3 is 9.42 Å². The fourth-order valence-electron chi connectivity index (χ4n) is 3.45. The second kappa shape index (κ2) is 6.11. The summed E-state index contributed by atoms with van der Waals surface area (Å²) < 4.78 is 7.23. The molecule has 0 radical (unpaired) electrons.